The van der Waals surface area contributed by atoms with Gasteiger partial charge in [-0.3, -0.25) is 0 Å². The van der Waals surface area contributed by atoms with Crippen molar-refractivity contribution < 1.29 is 14.3 Å². The molecule has 22 heavy (non-hydrogen) atoms. The summed E-state index contributed by atoms with van der Waals surface area (Å²) < 4.78 is 11.2. The van der Waals surface area contributed by atoms with Crippen LogP contribution in [0.15, 0.2) is 6.07 Å². The van der Waals surface area contributed by atoms with Crippen LogP contribution in [0.5, 0.6) is 5.88 Å². The van der Waals surface area contributed by atoms with Crippen LogP contribution in [-0.2, 0) is 4.74 Å². The third kappa shape index (κ3) is 4.73. The molecule has 1 aromatic heterocycles. The highest BCUT2D eigenvalue weighted by Crippen LogP contribution is 2.21. The molecule has 0 N–H and O–H groups in total. The number of rotatable bonds is 2. The minimum atomic E-state index is -0.496. The molecule has 1 aromatic rings. The largest absolute Gasteiger partial charge is 0.471 e. The van der Waals surface area contributed by atoms with Crippen molar-refractivity contribution in [1.82, 2.24) is 15.1 Å². The van der Waals surface area contributed by atoms with Crippen molar-refractivity contribution in [2.24, 2.45) is 0 Å². The van der Waals surface area contributed by atoms with Gasteiger partial charge in [0.1, 0.15) is 11.7 Å². The molecule has 0 saturated carbocycles. The smallest absolute Gasteiger partial charge is 0.410 e. The van der Waals surface area contributed by atoms with Crippen molar-refractivity contribution in [3.05, 3.63) is 16.8 Å². The molecule has 0 radical (unpaired) electrons. The molecule has 0 aromatic carbocycles. The minimum Gasteiger partial charge on any atom is -0.471 e. The van der Waals surface area contributed by atoms with Crippen LogP contribution < -0.4 is 4.74 Å². The number of aryl methyl sites for hydroxylation is 1. The summed E-state index contributed by atoms with van der Waals surface area (Å²) >= 11 is 5.85. The quantitative estimate of drug-likeness (QED) is 0.834. The summed E-state index contributed by atoms with van der Waals surface area (Å²) in [4.78, 5) is 13.8. The third-order valence-corrected chi connectivity index (χ3v) is 3.59. The second-order valence-electron chi connectivity index (χ2n) is 6.46. The maximum Gasteiger partial charge on any atom is 0.410 e. The zero-order valence-electron chi connectivity index (χ0n) is 13.4. The standard InChI is InChI=1S/C15H22ClN3O3/c1-10-8-12(17-18-13(10)16)21-11-6-5-7-19(9-11)14(20)22-15(2,3)4/h8,11H,5-7,9H2,1-4H3/t11-/m1/s1. The molecule has 1 amide bonds. The maximum atomic E-state index is 12.1. The van der Waals surface area contributed by atoms with Crippen LogP contribution in [0, 0.1) is 6.92 Å². The van der Waals surface area contributed by atoms with Gasteiger partial charge in [0, 0.05) is 12.6 Å². The van der Waals surface area contributed by atoms with Gasteiger partial charge in [-0.15, -0.1) is 10.2 Å². The Morgan fingerprint density at radius 1 is 1.41 bits per heavy atom. The summed E-state index contributed by atoms with van der Waals surface area (Å²) in [6.07, 6.45) is 1.31. The lowest BCUT2D eigenvalue weighted by atomic mass is 10.1. The van der Waals surface area contributed by atoms with E-state index in [-0.39, 0.29) is 12.2 Å². The Morgan fingerprint density at radius 2 is 2.14 bits per heavy atom. The number of hydrogen-bond donors (Lipinski definition) is 0. The second-order valence-corrected chi connectivity index (χ2v) is 6.82. The molecule has 1 fully saturated rings. The highest BCUT2D eigenvalue weighted by molar-refractivity contribution is 6.30. The number of carbonyl (C=O) groups excluding carboxylic acids is 1. The number of nitrogens with zero attached hydrogens (tertiary/aromatic N) is 3. The molecule has 122 valence electrons. The van der Waals surface area contributed by atoms with E-state index in [4.69, 9.17) is 21.1 Å². The summed E-state index contributed by atoms with van der Waals surface area (Å²) in [5, 5.41) is 8.12. The zero-order valence-corrected chi connectivity index (χ0v) is 14.2. The van der Waals surface area contributed by atoms with E-state index in [1.807, 2.05) is 27.7 Å². The van der Waals surface area contributed by atoms with E-state index in [2.05, 4.69) is 10.2 Å². The lowest BCUT2D eigenvalue weighted by Crippen LogP contribution is -2.46. The Bertz CT molecular complexity index is 545. The lowest BCUT2D eigenvalue weighted by molar-refractivity contribution is 0.00711. The molecule has 1 atom stereocenters. The fraction of sp³-hybridized carbons (Fsp3) is 0.667. The Labute approximate surface area is 135 Å². The van der Waals surface area contributed by atoms with Gasteiger partial charge in [-0.25, -0.2) is 4.79 Å². The van der Waals surface area contributed by atoms with Crippen molar-refractivity contribution in [2.45, 2.75) is 52.2 Å². The molecule has 0 spiro atoms. The average molecular weight is 328 g/mol. The van der Waals surface area contributed by atoms with Gasteiger partial charge < -0.3 is 14.4 Å². The van der Waals surface area contributed by atoms with E-state index in [1.54, 1.807) is 11.0 Å². The molecule has 0 unspecified atom stereocenters. The van der Waals surface area contributed by atoms with Crippen molar-refractivity contribution in [2.75, 3.05) is 13.1 Å². The number of hydrogen-bond acceptors (Lipinski definition) is 5. The van der Waals surface area contributed by atoms with Crippen molar-refractivity contribution in [3.8, 4) is 5.88 Å². The SMILES string of the molecule is Cc1cc(O[C@@H]2CCCN(C(=O)OC(C)(C)C)C2)nnc1Cl. The van der Waals surface area contributed by atoms with Crippen molar-refractivity contribution in [3.63, 3.8) is 0 Å². The van der Waals surface area contributed by atoms with Gasteiger partial charge in [0.05, 0.1) is 6.54 Å². The van der Waals surface area contributed by atoms with Gasteiger partial charge in [-0.05, 0) is 46.1 Å². The predicted octanol–water partition coefficient (Wildman–Crippen LogP) is 3.22. The zero-order chi connectivity index (χ0) is 16.3. The highest BCUT2D eigenvalue weighted by Gasteiger charge is 2.28. The van der Waals surface area contributed by atoms with Gasteiger partial charge in [0.15, 0.2) is 5.15 Å². The number of likely N-dealkylation sites (tertiary alicyclic amines) is 1. The number of ether oxygens (including phenoxy) is 2. The molecular formula is C15H22ClN3O3. The van der Waals surface area contributed by atoms with E-state index in [1.165, 1.54) is 0 Å². The first kappa shape index (κ1) is 16.8. The van der Waals surface area contributed by atoms with Crippen LogP contribution in [0.25, 0.3) is 0 Å². The monoisotopic (exact) mass is 327 g/mol. The summed E-state index contributed by atoms with van der Waals surface area (Å²) in [5.74, 6) is 0.429. The molecular weight excluding hydrogens is 306 g/mol. The Balaban J connectivity index is 1.95. The molecule has 7 heteroatoms. The molecule has 0 aliphatic carbocycles. The minimum absolute atomic E-state index is 0.115. The summed E-state index contributed by atoms with van der Waals surface area (Å²) in [6, 6.07) is 1.75. The number of carbonyl (C=O) groups is 1. The van der Waals surface area contributed by atoms with E-state index < -0.39 is 5.60 Å². The Kier molecular flexibility index (Phi) is 5.11. The molecule has 6 nitrogen and oxygen atoms in total. The third-order valence-electron chi connectivity index (χ3n) is 3.22. The molecule has 2 rings (SSSR count). The Hall–Kier alpha value is -1.56. The van der Waals surface area contributed by atoms with E-state index >= 15 is 0 Å². The number of amides is 1. The molecule has 1 saturated heterocycles. The normalized spacial score (nSPS) is 19.0. The van der Waals surface area contributed by atoms with Crippen LogP contribution in [0.1, 0.15) is 39.2 Å². The Morgan fingerprint density at radius 3 is 2.77 bits per heavy atom. The van der Waals surface area contributed by atoms with E-state index in [0.717, 1.165) is 18.4 Å². The van der Waals surface area contributed by atoms with Crippen LogP contribution in [0.4, 0.5) is 4.79 Å². The fourth-order valence-corrected chi connectivity index (χ4v) is 2.29. The van der Waals surface area contributed by atoms with Crippen LogP contribution in [0.2, 0.25) is 5.15 Å². The highest BCUT2D eigenvalue weighted by atomic mass is 35.5. The first-order valence-electron chi connectivity index (χ1n) is 7.39. The first-order chi connectivity index (χ1) is 10.2. The summed E-state index contributed by atoms with van der Waals surface area (Å²) in [7, 11) is 0. The summed E-state index contributed by atoms with van der Waals surface area (Å²) in [6.45, 7) is 8.58. The first-order valence-corrected chi connectivity index (χ1v) is 7.77. The van der Waals surface area contributed by atoms with Gasteiger partial charge >= 0.3 is 6.09 Å². The predicted molar refractivity (Wildman–Crippen MR) is 83.2 cm³/mol. The molecule has 2 heterocycles. The maximum absolute atomic E-state index is 12.1. The number of piperidine rings is 1. The number of aromatic nitrogens is 2. The van der Waals surface area contributed by atoms with Gasteiger partial charge in [0.2, 0.25) is 5.88 Å². The van der Waals surface area contributed by atoms with Crippen molar-refractivity contribution in [1.29, 1.82) is 0 Å². The van der Waals surface area contributed by atoms with Crippen molar-refractivity contribution >= 4 is 17.7 Å². The lowest BCUT2D eigenvalue weighted by Gasteiger charge is -2.33. The van der Waals surface area contributed by atoms with Gasteiger partial charge in [-0.1, -0.05) is 11.6 Å². The van der Waals surface area contributed by atoms with Crippen LogP contribution >= 0.6 is 11.6 Å². The van der Waals surface area contributed by atoms with Gasteiger partial charge in [0.25, 0.3) is 0 Å². The summed E-state index contributed by atoms with van der Waals surface area (Å²) in [5.41, 5.74) is 0.315. The fourth-order valence-electron chi connectivity index (χ4n) is 2.20. The van der Waals surface area contributed by atoms with Crippen LogP contribution in [0.3, 0.4) is 0 Å². The second kappa shape index (κ2) is 6.69. The van der Waals surface area contributed by atoms with Gasteiger partial charge in [-0.2, -0.15) is 0 Å². The average Bonchev–Trinajstić information content (AvgIpc) is 2.41. The topological polar surface area (TPSA) is 64.5 Å². The molecule has 1 aliphatic heterocycles. The molecule has 1 aliphatic rings. The van der Waals surface area contributed by atoms with E-state index in [9.17, 15) is 4.79 Å². The molecule has 0 bridgehead atoms. The van der Waals surface area contributed by atoms with E-state index in [0.29, 0.717) is 24.1 Å². The van der Waals surface area contributed by atoms with Crippen LogP contribution in [-0.4, -0.2) is 46.0 Å². The number of halogens is 1.